The van der Waals surface area contributed by atoms with Crippen LogP contribution in [0.4, 0.5) is 9.59 Å². The second kappa shape index (κ2) is 19.0. The highest BCUT2D eigenvalue weighted by molar-refractivity contribution is 5.68. The molecule has 15 nitrogen and oxygen atoms in total. The lowest BCUT2D eigenvalue weighted by atomic mass is 9.67. The highest BCUT2D eigenvalue weighted by Crippen LogP contribution is 2.43. The topological polar surface area (TPSA) is 218 Å². The number of amides is 2. The number of carbonyl (C=O) groups is 2. The molecule has 14 unspecified atom stereocenters. The number of hydrogen-bond donors (Lipinski definition) is 8. The summed E-state index contributed by atoms with van der Waals surface area (Å²) in [4.78, 5) is 24.6. The minimum Gasteiger partial charge on any atom is -0.444 e. The highest BCUT2D eigenvalue weighted by atomic mass is 16.7. The molecule has 3 fully saturated rings. The predicted octanol–water partition coefficient (Wildman–Crippen LogP) is 1.94. The molecule has 14 atom stereocenters. The van der Waals surface area contributed by atoms with Gasteiger partial charge < -0.3 is 65.2 Å². The van der Waals surface area contributed by atoms with Gasteiger partial charge in [0.1, 0.15) is 29.5 Å². The van der Waals surface area contributed by atoms with Crippen molar-refractivity contribution in [2.24, 2.45) is 17.8 Å². The monoisotopic (exact) mass is 733 g/mol. The first-order chi connectivity index (χ1) is 23.7. The van der Waals surface area contributed by atoms with Crippen LogP contribution in [0.25, 0.3) is 0 Å². The molecule has 15 heteroatoms. The third-order valence-electron chi connectivity index (χ3n) is 9.85. The molecule has 8 N–H and O–H groups in total. The summed E-state index contributed by atoms with van der Waals surface area (Å²) < 4.78 is 29.4. The number of nitrogens with one attached hydrogen (secondary N) is 3. The van der Waals surface area contributed by atoms with Crippen LogP contribution < -0.4 is 16.0 Å². The van der Waals surface area contributed by atoms with Gasteiger partial charge in [-0.1, -0.05) is 27.2 Å². The van der Waals surface area contributed by atoms with E-state index in [1.165, 1.54) is 0 Å². The normalized spacial score (nSPS) is 36.9. The lowest BCUT2D eigenvalue weighted by Gasteiger charge is -2.51. The van der Waals surface area contributed by atoms with Gasteiger partial charge in [0.2, 0.25) is 0 Å². The van der Waals surface area contributed by atoms with E-state index in [1.807, 2.05) is 6.92 Å². The standard InChI is InChI=1S/C36H67N3O12/c1-10-11-22-12-13-23(38-17-21(41)14-15-37-33(45)50-35(4,5)6)31(47-22)25-19(2)16-20(3)30(28(25)43)49-32-29(44)26(27(42)24(18-40)48-32)39-34(46)51-36(7,8)9/h19-32,38,40-44H,10-18H2,1-9H3,(H,37,45)(H,39,46). The lowest BCUT2D eigenvalue weighted by molar-refractivity contribution is -0.313. The Kier molecular flexibility index (Phi) is 16.2. The van der Waals surface area contributed by atoms with Gasteiger partial charge in [-0.15, -0.1) is 0 Å². The molecule has 0 aromatic rings. The van der Waals surface area contributed by atoms with Crippen molar-refractivity contribution in [1.82, 2.24) is 16.0 Å². The van der Waals surface area contributed by atoms with Crippen LogP contribution in [0.5, 0.6) is 0 Å². The van der Waals surface area contributed by atoms with E-state index < -0.39 is 85.1 Å². The Morgan fingerprint density at radius 2 is 1.55 bits per heavy atom. The number of hydrogen-bond acceptors (Lipinski definition) is 13. The average Bonchev–Trinajstić information content (AvgIpc) is 3.00. The molecule has 3 aliphatic rings. The van der Waals surface area contributed by atoms with Crippen molar-refractivity contribution in [2.45, 2.75) is 179 Å². The molecule has 1 saturated carbocycles. The summed E-state index contributed by atoms with van der Waals surface area (Å²) in [6.07, 6.45) is -5.61. The van der Waals surface area contributed by atoms with Crippen LogP contribution in [0.15, 0.2) is 0 Å². The fourth-order valence-electron chi connectivity index (χ4n) is 7.54. The van der Waals surface area contributed by atoms with Gasteiger partial charge in [0, 0.05) is 25.0 Å². The Morgan fingerprint density at radius 1 is 0.902 bits per heavy atom. The molecule has 51 heavy (non-hydrogen) atoms. The summed E-state index contributed by atoms with van der Waals surface area (Å²) in [7, 11) is 0. The zero-order chi connectivity index (χ0) is 38.3. The van der Waals surface area contributed by atoms with Crippen molar-refractivity contribution in [3.8, 4) is 0 Å². The third-order valence-corrected chi connectivity index (χ3v) is 9.85. The van der Waals surface area contributed by atoms with Crippen molar-refractivity contribution in [3.63, 3.8) is 0 Å². The maximum Gasteiger partial charge on any atom is 0.408 e. The molecule has 298 valence electrons. The Balaban J connectivity index is 1.73. The number of alkyl carbamates (subject to hydrolysis) is 2. The lowest BCUT2D eigenvalue weighted by Crippen LogP contribution is -2.67. The van der Waals surface area contributed by atoms with Crippen LogP contribution >= 0.6 is 0 Å². The Morgan fingerprint density at radius 3 is 2.16 bits per heavy atom. The summed E-state index contributed by atoms with van der Waals surface area (Å²) in [5, 5.41) is 63.6. The molecule has 0 radical (unpaired) electrons. The molecule has 2 saturated heterocycles. The fraction of sp³-hybridized carbons (Fsp3) is 0.944. The molecule has 1 aliphatic carbocycles. The van der Waals surface area contributed by atoms with E-state index in [1.54, 1.807) is 41.5 Å². The summed E-state index contributed by atoms with van der Waals surface area (Å²) >= 11 is 0. The summed E-state index contributed by atoms with van der Waals surface area (Å²) in [6.45, 7) is 16.4. The SMILES string of the molecule is CCCC1CCC(NCC(O)CCNC(=O)OC(C)(C)C)C(C2C(C)CC(C)C(OC3OC(CO)C(O)C(NC(=O)OC(C)(C)C)C3O)C2O)O1. The second-order valence-electron chi connectivity index (χ2n) is 16.7. The molecule has 2 amide bonds. The average molecular weight is 734 g/mol. The molecule has 2 aliphatic heterocycles. The van der Waals surface area contributed by atoms with Crippen molar-refractivity contribution in [2.75, 3.05) is 19.7 Å². The second-order valence-corrected chi connectivity index (χ2v) is 16.7. The van der Waals surface area contributed by atoms with Gasteiger partial charge in [-0.3, -0.25) is 0 Å². The molecule has 0 spiro atoms. The summed E-state index contributed by atoms with van der Waals surface area (Å²) in [5.41, 5.74) is -1.45. The van der Waals surface area contributed by atoms with Crippen molar-refractivity contribution < 1.29 is 58.8 Å². The predicted molar refractivity (Wildman–Crippen MR) is 188 cm³/mol. The quantitative estimate of drug-likeness (QED) is 0.136. The minimum atomic E-state index is -1.55. The van der Waals surface area contributed by atoms with Gasteiger partial charge in [0.15, 0.2) is 6.29 Å². The maximum atomic E-state index is 12.6. The van der Waals surface area contributed by atoms with Crippen LogP contribution in [-0.4, -0.2) is 136 Å². The first-order valence-electron chi connectivity index (χ1n) is 18.7. The number of rotatable bonds is 13. The number of aliphatic hydroxyl groups is 5. The number of aliphatic hydroxyl groups excluding tert-OH is 5. The van der Waals surface area contributed by atoms with E-state index in [4.69, 9.17) is 23.7 Å². The van der Waals surface area contributed by atoms with Crippen LogP contribution in [0.3, 0.4) is 0 Å². The minimum absolute atomic E-state index is 0.00843. The van der Waals surface area contributed by atoms with E-state index in [9.17, 15) is 35.1 Å². The molecule has 3 rings (SSSR count). The largest absolute Gasteiger partial charge is 0.444 e. The smallest absolute Gasteiger partial charge is 0.408 e. The van der Waals surface area contributed by atoms with Gasteiger partial charge in [0.25, 0.3) is 0 Å². The molecular formula is C36H67N3O12. The Labute approximate surface area is 303 Å². The van der Waals surface area contributed by atoms with E-state index in [2.05, 4.69) is 29.8 Å². The zero-order valence-electron chi connectivity index (χ0n) is 32.0. The van der Waals surface area contributed by atoms with Gasteiger partial charge in [-0.05, 0) is 85.5 Å². The van der Waals surface area contributed by atoms with E-state index in [-0.39, 0.29) is 43.0 Å². The van der Waals surface area contributed by atoms with Gasteiger partial charge in [-0.25, -0.2) is 9.59 Å². The summed E-state index contributed by atoms with van der Waals surface area (Å²) in [6, 6.07) is -1.46. The Bertz CT molecular complexity index is 1090. The highest BCUT2D eigenvalue weighted by Gasteiger charge is 2.52. The number of carbonyl (C=O) groups excluding carboxylic acids is 2. The summed E-state index contributed by atoms with van der Waals surface area (Å²) in [5.74, 6) is -0.525. The van der Waals surface area contributed by atoms with Crippen LogP contribution in [-0.2, 0) is 23.7 Å². The van der Waals surface area contributed by atoms with E-state index >= 15 is 0 Å². The number of ether oxygens (including phenoxy) is 5. The fourth-order valence-corrected chi connectivity index (χ4v) is 7.54. The molecule has 0 aromatic carbocycles. The molecular weight excluding hydrogens is 666 g/mol. The van der Waals surface area contributed by atoms with E-state index in [0.717, 1.165) is 25.7 Å². The van der Waals surface area contributed by atoms with Crippen LogP contribution in [0, 0.1) is 17.8 Å². The van der Waals surface area contributed by atoms with Crippen molar-refractivity contribution in [1.29, 1.82) is 0 Å². The third kappa shape index (κ3) is 12.9. The van der Waals surface area contributed by atoms with Gasteiger partial charge in [-0.2, -0.15) is 0 Å². The van der Waals surface area contributed by atoms with Crippen molar-refractivity contribution in [3.05, 3.63) is 0 Å². The molecule has 2 heterocycles. The molecule has 0 bridgehead atoms. The van der Waals surface area contributed by atoms with Crippen molar-refractivity contribution >= 4 is 12.2 Å². The van der Waals surface area contributed by atoms with E-state index in [0.29, 0.717) is 12.8 Å². The first kappa shape index (κ1) is 43.6. The maximum absolute atomic E-state index is 12.6. The van der Waals surface area contributed by atoms with Crippen LogP contribution in [0.2, 0.25) is 0 Å². The van der Waals surface area contributed by atoms with Gasteiger partial charge >= 0.3 is 12.2 Å². The zero-order valence-corrected chi connectivity index (χ0v) is 32.0. The first-order valence-corrected chi connectivity index (χ1v) is 18.7. The van der Waals surface area contributed by atoms with Gasteiger partial charge in [0.05, 0.1) is 43.2 Å². The Hall–Kier alpha value is -1.82. The molecule has 0 aromatic heterocycles. The van der Waals surface area contributed by atoms with Crippen LogP contribution in [0.1, 0.15) is 101 Å².